The maximum absolute atomic E-state index is 16.6. The maximum atomic E-state index is 16.6. The highest BCUT2D eigenvalue weighted by Crippen LogP contribution is 2.43. The van der Waals surface area contributed by atoms with E-state index in [9.17, 15) is 14.3 Å². The summed E-state index contributed by atoms with van der Waals surface area (Å²) in [5, 5.41) is 11.3. The average molecular weight is 663 g/mol. The Balaban J connectivity index is 1.50. The number of nitrogens with one attached hydrogen (secondary N) is 1. The summed E-state index contributed by atoms with van der Waals surface area (Å²) in [4.78, 5) is 26.4. The molecule has 2 aliphatic rings. The van der Waals surface area contributed by atoms with Gasteiger partial charge in [0.2, 0.25) is 0 Å². The first-order chi connectivity index (χ1) is 22.3. The molecule has 7 nitrogen and oxygen atoms in total. The minimum absolute atomic E-state index is 0.0465. The smallest absolute Gasteiger partial charge is 0.297 e. The lowest BCUT2D eigenvalue weighted by molar-refractivity contribution is 0.107. The highest BCUT2D eigenvalue weighted by molar-refractivity contribution is 6.90. The number of alkyl halides is 1. The minimum atomic E-state index is -2.19. The summed E-state index contributed by atoms with van der Waals surface area (Å²) in [5.74, 6) is 1.04. The Kier molecular flexibility index (Phi) is 8.64. The number of hydrogen-bond acceptors (Lipinski definition) is 6. The molecule has 4 heterocycles. The number of rotatable bonds is 7. The zero-order valence-electron chi connectivity index (χ0n) is 27.7. The summed E-state index contributed by atoms with van der Waals surface area (Å²) in [5.41, 5.74) is 2.98. The van der Waals surface area contributed by atoms with Gasteiger partial charge in [-0.05, 0) is 65.7 Å². The number of benzene rings is 2. The van der Waals surface area contributed by atoms with Crippen LogP contribution in [0.4, 0.5) is 13.2 Å². The molecule has 0 aliphatic carbocycles. The van der Waals surface area contributed by atoms with E-state index in [4.69, 9.17) is 4.74 Å². The number of phenols is 1. The molecule has 2 aliphatic heterocycles. The van der Waals surface area contributed by atoms with Crippen molar-refractivity contribution in [3.05, 3.63) is 58.1 Å². The number of ether oxygens (including phenoxy) is 1. The Morgan fingerprint density at radius 1 is 1.15 bits per heavy atom. The van der Waals surface area contributed by atoms with E-state index in [-0.39, 0.29) is 34.8 Å². The number of pyridine rings is 1. The van der Waals surface area contributed by atoms with E-state index in [1.807, 2.05) is 0 Å². The molecule has 2 atom stereocenters. The maximum Gasteiger partial charge on any atom is 0.297 e. The fourth-order valence-electron chi connectivity index (χ4n) is 8.35. The number of aromatic hydroxyl groups is 1. The van der Waals surface area contributed by atoms with Gasteiger partial charge in [0, 0.05) is 30.1 Å². The van der Waals surface area contributed by atoms with Gasteiger partial charge in [0.1, 0.15) is 43.6 Å². The number of phenolic OH excluding ortho intramolecular Hbond substituents is 1. The van der Waals surface area contributed by atoms with Crippen molar-refractivity contribution in [2.24, 2.45) is 0 Å². The van der Waals surface area contributed by atoms with Crippen LogP contribution in [0.5, 0.6) is 11.8 Å². The standard InChI is InChI=1S/C36H41F3N4O3Si/c1-20(2)47(21(3)4,22(5)6)13-9-29-30-23(8-11-40-29)14-25(44)15-26(30)31-28(38)16-27-33(32(31)39)41-35(42-34(27)45)46-19-36-10-7-12-43(36)18-24(37)17-36/h8,11,14-16,20-22,24,44H,7,10,12,17-19H2,1-6H3,(H,41,42,45)/t24-,36+/m1/s1. The van der Waals surface area contributed by atoms with Crippen LogP contribution in [0, 0.1) is 23.1 Å². The summed E-state index contributed by atoms with van der Waals surface area (Å²) in [6, 6.07) is 5.16. The second kappa shape index (κ2) is 12.3. The molecule has 2 N–H and O–H groups in total. The molecule has 6 rings (SSSR count). The normalized spacial score (nSPS) is 20.0. The summed E-state index contributed by atoms with van der Waals surface area (Å²) in [6.45, 7) is 14.4. The van der Waals surface area contributed by atoms with E-state index in [2.05, 4.69) is 72.9 Å². The van der Waals surface area contributed by atoms with Gasteiger partial charge >= 0.3 is 0 Å². The quantitative estimate of drug-likeness (QED) is 0.156. The van der Waals surface area contributed by atoms with Crippen molar-refractivity contribution in [1.29, 1.82) is 0 Å². The van der Waals surface area contributed by atoms with Crippen LogP contribution in [0.1, 0.15) is 66.5 Å². The molecule has 0 amide bonds. The van der Waals surface area contributed by atoms with Crippen molar-refractivity contribution < 1.29 is 23.0 Å². The van der Waals surface area contributed by atoms with E-state index in [1.54, 1.807) is 12.3 Å². The first-order valence-electron chi connectivity index (χ1n) is 16.4. The van der Waals surface area contributed by atoms with Crippen molar-refractivity contribution >= 4 is 29.7 Å². The lowest BCUT2D eigenvalue weighted by Gasteiger charge is -2.38. The molecule has 0 saturated carbocycles. The van der Waals surface area contributed by atoms with Gasteiger partial charge < -0.3 is 9.84 Å². The van der Waals surface area contributed by atoms with E-state index in [0.29, 0.717) is 46.1 Å². The molecule has 0 spiro atoms. The van der Waals surface area contributed by atoms with E-state index in [1.165, 1.54) is 12.1 Å². The number of halogens is 3. The molecular formula is C36H41F3N4O3Si. The number of aromatic amines is 1. The largest absolute Gasteiger partial charge is 0.508 e. The van der Waals surface area contributed by atoms with Gasteiger partial charge in [-0.3, -0.25) is 14.7 Å². The van der Waals surface area contributed by atoms with Crippen molar-refractivity contribution in [2.75, 3.05) is 19.7 Å². The number of fused-ring (bicyclic) bond motifs is 3. The van der Waals surface area contributed by atoms with E-state index < -0.39 is 42.5 Å². The third-order valence-corrected chi connectivity index (χ3v) is 16.8. The SMILES string of the molecule is CC(C)[Si](C#Cc1nccc2cc(O)cc(-c3c(F)cc4c(=O)[nH]c(OC[C@@]56CCCN5C[C@H](F)C6)nc4c3F)c12)(C(C)C)C(C)C. The summed E-state index contributed by atoms with van der Waals surface area (Å²) in [6.07, 6.45) is 2.56. The van der Waals surface area contributed by atoms with Gasteiger partial charge in [-0.15, -0.1) is 5.54 Å². The second-order valence-corrected chi connectivity index (χ2v) is 19.7. The van der Waals surface area contributed by atoms with Gasteiger partial charge in [0.05, 0.1) is 16.5 Å². The Bertz CT molecular complexity index is 1960. The van der Waals surface area contributed by atoms with Crippen LogP contribution >= 0.6 is 0 Å². The Morgan fingerprint density at radius 3 is 2.57 bits per heavy atom. The molecular weight excluding hydrogens is 622 g/mol. The van der Waals surface area contributed by atoms with Gasteiger partial charge in [0.15, 0.2) is 5.82 Å². The zero-order chi connectivity index (χ0) is 33.8. The number of aromatic nitrogens is 3. The minimum Gasteiger partial charge on any atom is -0.508 e. The molecule has 11 heteroatoms. The molecule has 0 radical (unpaired) electrons. The number of hydrogen-bond donors (Lipinski definition) is 2. The van der Waals surface area contributed by atoms with Crippen molar-refractivity contribution in [3.8, 4) is 34.4 Å². The molecule has 2 aromatic heterocycles. The second-order valence-electron chi connectivity index (χ2n) is 14.1. The first-order valence-corrected chi connectivity index (χ1v) is 18.6. The highest BCUT2D eigenvalue weighted by Gasteiger charge is 2.49. The van der Waals surface area contributed by atoms with Gasteiger partial charge in [-0.25, -0.2) is 18.2 Å². The molecule has 0 unspecified atom stereocenters. The van der Waals surface area contributed by atoms with Gasteiger partial charge in [-0.1, -0.05) is 47.5 Å². The van der Waals surface area contributed by atoms with Crippen molar-refractivity contribution in [1.82, 2.24) is 19.9 Å². The van der Waals surface area contributed by atoms with Crippen LogP contribution in [-0.2, 0) is 0 Å². The molecule has 4 aromatic rings. The number of nitrogens with zero attached hydrogens (tertiary/aromatic N) is 3. The van der Waals surface area contributed by atoms with Gasteiger partial charge in [-0.2, -0.15) is 4.98 Å². The monoisotopic (exact) mass is 662 g/mol. The van der Waals surface area contributed by atoms with E-state index in [0.717, 1.165) is 25.5 Å². The van der Waals surface area contributed by atoms with Crippen LogP contribution in [0.25, 0.3) is 32.8 Å². The molecule has 2 saturated heterocycles. The van der Waals surface area contributed by atoms with Gasteiger partial charge in [0.25, 0.3) is 11.6 Å². The molecule has 0 bridgehead atoms. The first kappa shape index (κ1) is 33.0. The summed E-state index contributed by atoms with van der Waals surface area (Å²) < 4.78 is 52.7. The predicted molar refractivity (Wildman–Crippen MR) is 181 cm³/mol. The van der Waals surface area contributed by atoms with Crippen molar-refractivity contribution in [2.45, 2.75) is 89.1 Å². The van der Waals surface area contributed by atoms with Crippen molar-refractivity contribution in [3.63, 3.8) is 0 Å². The third-order valence-electron chi connectivity index (χ3n) is 10.5. The average Bonchev–Trinajstić information content (AvgIpc) is 3.52. The van der Waals surface area contributed by atoms with Crippen LogP contribution in [0.3, 0.4) is 0 Å². The molecule has 248 valence electrons. The lowest BCUT2D eigenvalue weighted by atomic mass is 9.95. The Hall–Kier alpha value is -3.88. The molecule has 47 heavy (non-hydrogen) atoms. The molecule has 2 aromatic carbocycles. The number of H-pyrrole nitrogens is 1. The Morgan fingerprint density at radius 2 is 1.87 bits per heavy atom. The van der Waals surface area contributed by atoms with Crippen LogP contribution < -0.4 is 10.3 Å². The topological polar surface area (TPSA) is 91.3 Å². The molecule has 2 fully saturated rings. The van der Waals surface area contributed by atoms with E-state index >= 15 is 8.78 Å². The fourth-order valence-corrected chi connectivity index (χ4v) is 13.5. The summed E-state index contributed by atoms with van der Waals surface area (Å²) >= 11 is 0. The fraction of sp³-hybridized carbons (Fsp3) is 0.472. The lowest BCUT2D eigenvalue weighted by Crippen LogP contribution is -2.43. The van der Waals surface area contributed by atoms with Crippen LogP contribution in [-0.4, -0.2) is 64.4 Å². The predicted octanol–water partition coefficient (Wildman–Crippen LogP) is 7.65. The summed E-state index contributed by atoms with van der Waals surface area (Å²) in [7, 11) is -2.19. The zero-order valence-corrected chi connectivity index (χ0v) is 28.7. The highest BCUT2D eigenvalue weighted by atomic mass is 28.3. The van der Waals surface area contributed by atoms with Crippen LogP contribution in [0.2, 0.25) is 16.6 Å². The third kappa shape index (κ3) is 5.59. The van der Waals surface area contributed by atoms with Crippen LogP contribution in [0.15, 0.2) is 35.3 Å². The Labute approximate surface area is 273 Å².